The molecular weight excluding hydrogens is 262 g/mol. The van der Waals surface area contributed by atoms with Crippen LogP contribution in [-0.4, -0.2) is 37.8 Å². The lowest BCUT2D eigenvalue weighted by Crippen LogP contribution is -2.45. The molecule has 0 unspecified atom stereocenters. The van der Waals surface area contributed by atoms with Crippen LogP contribution in [0.3, 0.4) is 0 Å². The molecule has 0 radical (unpaired) electrons. The van der Waals surface area contributed by atoms with Crippen LogP contribution in [-0.2, 0) is 0 Å². The van der Waals surface area contributed by atoms with E-state index in [0.29, 0.717) is 10.0 Å². The first kappa shape index (κ1) is 13.1. The monoisotopic (exact) mass is 276 g/mol. The number of hydrogen-bond donors (Lipinski definition) is 1. The number of hydrogen-bond acceptors (Lipinski definition) is 2. The van der Waals surface area contributed by atoms with Crippen molar-refractivity contribution in [2.45, 2.75) is 6.04 Å². The first-order valence-corrected chi connectivity index (χ1v) is 6.43. The van der Waals surface area contributed by atoms with Crippen molar-refractivity contribution in [2.75, 3.05) is 32.9 Å². The van der Waals surface area contributed by atoms with Gasteiger partial charge in [0.1, 0.15) is 6.67 Å². The van der Waals surface area contributed by atoms with Crippen LogP contribution in [0.1, 0.15) is 11.6 Å². The number of rotatable bonds is 3. The summed E-state index contributed by atoms with van der Waals surface area (Å²) in [5.41, 5.74) is 0.820. The van der Waals surface area contributed by atoms with Crippen molar-refractivity contribution in [3.63, 3.8) is 0 Å². The molecule has 2 rings (SSSR count). The molecule has 1 aliphatic rings. The molecular formula is C12H15Cl2FN2. The van der Waals surface area contributed by atoms with Crippen LogP contribution in [0.2, 0.25) is 10.0 Å². The Morgan fingerprint density at radius 2 is 2.00 bits per heavy atom. The fraction of sp³-hybridized carbons (Fsp3) is 0.500. The summed E-state index contributed by atoms with van der Waals surface area (Å²) in [5, 5.41) is 4.37. The van der Waals surface area contributed by atoms with Gasteiger partial charge < -0.3 is 5.32 Å². The molecule has 0 aliphatic carbocycles. The SMILES string of the molecule is FC[C@@H](c1ccc(Cl)cc1Cl)N1CCNCC1. The summed E-state index contributed by atoms with van der Waals surface area (Å²) in [7, 11) is 0. The van der Waals surface area contributed by atoms with E-state index in [-0.39, 0.29) is 6.04 Å². The van der Waals surface area contributed by atoms with E-state index in [1.165, 1.54) is 0 Å². The predicted octanol–water partition coefficient (Wildman–Crippen LogP) is 2.91. The van der Waals surface area contributed by atoms with Crippen LogP contribution in [0.25, 0.3) is 0 Å². The van der Waals surface area contributed by atoms with E-state index < -0.39 is 6.67 Å². The van der Waals surface area contributed by atoms with Gasteiger partial charge in [0.2, 0.25) is 0 Å². The molecule has 2 nitrogen and oxygen atoms in total. The third-order valence-electron chi connectivity index (χ3n) is 3.06. The van der Waals surface area contributed by atoms with Gasteiger partial charge in [-0.15, -0.1) is 0 Å². The van der Waals surface area contributed by atoms with Crippen LogP contribution in [0.4, 0.5) is 4.39 Å². The summed E-state index contributed by atoms with van der Waals surface area (Å²) in [6.45, 7) is 3.03. The Balaban J connectivity index is 2.21. The summed E-state index contributed by atoms with van der Waals surface area (Å²) in [6, 6.07) is 4.98. The van der Waals surface area contributed by atoms with Gasteiger partial charge in [0, 0.05) is 36.2 Å². The molecule has 0 saturated carbocycles. The highest BCUT2D eigenvalue weighted by molar-refractivity contribution is 6.35. The van der Waals surface area contributed by atoms with Crippen LogP contribution >= 0.6 is 23.2 Å². The molecule has 1 fully saturated rings. The fourth-order valence-corrected chi connectivity index (χ4v) is 2.68. The van der Waals surface area contributed by atoms with Crippen molar-refractivity contribution < 1.29 is 4.39 Å². The van der Waals surface area contributed by atoms with Crippen LogP contribution in [0.15, 0.2) is 18.2 Å². The summed E-state index contributed by atoms with van der Waals surface area (Å²) >= 11 is 12.0. The number of piperazine rings is 1. The zero-order valence-corrected chi connectivity index (χ0v) is 10.9. The number of alkyl halides is 1. The molecule has 17 heavy (non-hydrogen) atoms. The van der Waals surface area contributed by atoms with E-state index >= 15 is 0 Å². The van der Waals surface area contributed by atoms with Crippen LogP contribution in [0.5, 0.6) is 0 Å². The number of benzene rings is 1. The highest BCUT2D eigenvalue weighted by atomic mass is 35.5. The standard InChI is InChI=1S/C12H15Cl2FN2/c13-9-1-2-10(11(14)7-9)12(8-15)17-5-3-16-4-6-17/h1-2,7,12,16H,3-6,8H2/t12-/m0/s1. The molecule has 0 amide bonds. The van der Waals surface area contributed by atoms with Gasteiger partial charge in [-0.1, -0.05) is 29.3 Å². The maximum atomic E-state index is 13.3. The Bertz CT molecular complexity index is 381. The molecule has 0 bridgehead atoms. The molecule has 0 spiro atoms. The number of nitrogens with one attached hydrogen (secondary N) is 1. The lowest BCUT2D eigenvalue weighted by Gasteiger charge is -2.34. The summed E-state index contributed by atoms with van der Waals surface area (Å²) in [6.07, 6.45) is 0. The minimum Gasteiger partial charge on any atom is -0.314 e. The highest BCUT2D eigenvalue weighted by Crippen LogP contribution is 2.30. The van der Waals surface area contributed by atoms with Crippen LogP contribution in [0, 0.1) is 0 Å². The molecule has 94 valence electrons. The zero-order chi connectivity index (χ0) is 12.3. The van der Waals surface area contributed by atoms with E-state index in [9.17, 15) is 4.39 Å². The number of nitrogens with zero attached hydrogens (tertiary/aromatic N) is 1. The highest BCUT2D eigenvalue weighted by Gasteiger charge is 2.23. The summed E-state index contributed by atoms with van der Waals surface area (Å²) < 4.78 is 13.3. The Kier molecular flexibility index (Phi) is 4.62. The van der Waals surface area contributed by atoms with Crippen molar-refractivity contribution in [2.24, 2.45) is 0 Å². The largest absolute Gasteiger partial charge is 0.314 e. The average Bonchev–Trinajstić information content (AvgIpc) is 2.34. The topological polar surface area (TPSA) is 15.3 Å². The van der Waals surface area contributed by atoms with Crippen molar-refractivity contribution >= 4 is 23.2 Å². The lowest BCUT2D eigenvalue weighted by molar-refractivity contribution is 0.147. The van der Waals surface area contributed by atoms with Gasteiger partial charge in [0.25, 0.3) is 0 Å². The molecule has 1 saturated heterocycles. The van der Waals surface area contributed by atoms with Gasteiger partial charge in [-0.3, -0.25) is 4.90 Å². The number of halogens is 3. The van der Waals surface area contributed by atoms with E-state index in [1.54, 1.807) is 12.1 Å². The average molecular weight is 277 g/mol. The first-order chi connectivity index (χ1) is 8.22. The van der Waals surface area contributed by atoms with Gasteiger partial charge in [-0.25, -0.2) is 4.39 Å². The maximum absolute atomic E-state index is 13.3. The molecule has 1 heterocycles. The Hall–Kier alpha value is -0.350. The molecule has 1 N–H and O–H groups in total. The van der Waals surface area contributed by atoms with Gasteiger partial charge in [0.15, 0.2) is 0 Å². The second kappa shape index (κ2) is 6.01. The summed E-state index contributed by atoms with van der Waals surface area (Å²) in [5.74, 6) is 0. The van der Waals surface area contributed by atoms with Gasteiger partial charge in [-0.05, 0) is 17.7 Å². The Labute approximate surface area is 111 Å². The van der Waals surface area contributed by atoms with Crippen LogP contribution < -0.4 is 5.32 Å². The van der Waals surface area contributed by atoms with E-state index in [2.05, 4.69) is 10.2 Å². The Morgan fingerprint density at radius 3 is 2.59 bits per heavy atom. The molecule has 1 aliphatic heterocycles. The minimum atomic E-state index is -0.429. The Morgan fingerprint density at radius 1 is 1.29 bits per heavy atom. The van der Waals surface area contributed by atoms with Crippen molar-refractivity contribution in [3.8, 4) is 0 Å². The third-order valence-corrected chi connectivity index (χ3v) is 3.62. The third kappa shape index (κ3) is 3.10. The first-order valence-electron chi connectivity index (χ1n) is 5.68. The van der Waals surface area contributed by atoms with Crippen molar-refractivity contribution in [1.29, 1.82) is 0 Å². The van der Waals surface area contributed by atoms with E-state index in [4.69, 9.17) is 23.2 Å². The second-order valence-corrected chi connectivity index (χ2v) is 4.97. The molecule has 5 heteroatoms. The molecule has 1 atom stereocenters. The predicted molar refractivity (Wildman–Crippen MR) is 69.6 cm³/mol. The van der Waals surface area contributed by atoms with Gasteiger partial charge in [0.05, 0.1) is 6.04 Å². The smallest absolute Gasteiger partial charge is 0.109 e. The van der Waals surface area contributed by atoms with Crippen molar-refractivity contribution in [3.05, 3.63) is 33.8 Å². The lowest BCUT2D eigenvalue weighted by atomic mass is 10.1. The normalized spacial score (nSPS) is 19.2. The maximum Gasteiger partial charge on any atom is 0.109 e. The molecule has 1 aromatic rings. The van der Waals surface area contributed by atoms with E-state index in [0.717, 1.165) is 31.7 Å². The molecule has 1 aromatic carbocycles. The molecule has 0 aromatic heterocycles. The minimum absolute atomic E-state index is 0.262. The quantitative estimate of drug-likeness (QED) is 0.913. The van der Waals surface area contributed by atoms with Gasteiger partial charge in [-0.2, -0.15) is 0 Å². The van der Waals surface area contributed by atoms with E-state index in [1.807, 2.05) is 6.07 Å². The zero-order valence-electron chi connectivity index (χ0n) is 9.43. The summed E-state index contributed by atoms with van der Waals surface area (Å²) in [4.78, 5) is 2.12. The van der Waals surface area contributed by atoms with Gasteiger partial charge >= 0.3 is 0 Å². The second-order valence-electron chi connectivity index (χ2n) is 4.12. The fourth-order valence-electron chi connectivity index (χ4n) is 2.14. The van der Waals surface area contributed by atoms with Crippen molar-refractivity contribution in [1.82, 2.24) is 10.2 Å².